The molecule has 0 amide bonds. The van der Waals surface area contributed by atoms with Gasteiger partial charge in [-0.3, -0.25) is 4.79 Å². The first kappa shape index (κ1) is 12.2. The molecule has 0 aromatic carbocycles. The van der Waals surface area contributed by atoms with E-state index in [9.17, 15) is 4.79 Å². The number of hydrogen-bond acceptors (Lipinski definition) is 3. The number of nitrogens with zero attached hydrogens (tertiary/aromatic N) is 2. The van der Waals surface area contributed by atoms with Gasteiger partial charge in [0.05, 0.1) is 0 Å². The normalized spacial score (nSPS) is 24.2. The number of allylic oxidation sites excluding steroid dienone is 4. The second kappa shape index (κ2) is 5.28. The molecule has 0 spiro atoms. The lowest BCUT2D eigenvalue weighted by Gasteiger charge is -2.26. The van der Waals surface area contributed by atoms with E-state index in [1.807, 2.05) is 26.0 Å². The highest BCUT2D eigenvalue weighted by Gasteiger charge is 2.23. The Balaban J connectivity index is 3.25. The molecule has 0 bridgehead atoms. The van der Waals surface area contributed by atoms with Crippen molar-refractivity contribution in [3.05, 3.63) is 22.8 Å². The van der Waals surface area contributed by atoms with Crippen molar-refractivity contribution in [1.82, 2.24) is 0 Å². The summed E-state index contributed by atoms with van der Waals surface area (Å²) in [6.45, 7) is 4.02. The zero-order valence-corrected chi connectivity index (χ0v) is 9.53. The van der Waals surface area contributed by atoms with Crippen molar-refractivity contribution < 1.29 is 4.79 Å². The highest BCUT2D eigenvalue weighted by atomic mass is 16.1. The number of nitriles is 2. The topological polar surface area (TPSA) is 64.7 Å². The van der Waals surface area contributed by atoms with E-state index in [-0.39, 0.29) is 17.4 Å². The summed E-state index contributed by atoms with van der Waals surface area (Å²) in [4.78, 5) is 11.0. The Morgan fingerprint density at radius 1 is 1.19 bits per heavy atom. The lowest BCUT2D eigenvalue weighted by molar-refractivity contribution is -0.105. The molecule has 82 valence electrons. The van der Waals surface area contributed by atoms with Crippen LogP contribution in [0.5, 0.6) is 0 Å². The van der Waals surface area contributed by atoms with Gasteiger partial charge in [0, 0.05) is 0 Å². The summed E-state index contributed by atoms with van der Waals surface area (Å²) in [5, 5.41) is 17.4. The molecule has 0 heterocycles. The summed E-state index contributed by atoms with van der Waals surface area (Å²) >= 11 is 0. The Hall–Kier alpha value is -1.87. The fraction of sp³-hybridized carbons (Fsp3) is 0.462. The first-order valence-corrected chi connectivity index (χ1v) is 5.35. The summed E-state index contributed by atoms with van der Waals surface area (Å²) in [5.74, 6) is 0.465. The van der Waals surface area contributed by atoms with Crippen LogP contribution in [0.1, 0.15) is 26.7 Å². The summed E-state index contributed by atoms with van der Waals surface area (Å²) in [7, 11) is 0. The fourth-order valence-corrected chi connectivity index (χ4v) is 2.03. The van der Waals surface area contributed by atoms with Crippen molar-refractivity contribution in [3.63, 3.8) is 0 Å². The molecule has 0 aromatic rings. The van der Waals surface area contributed by atoms with Crippen LogP contribution < -0.4 is 0 Å². The van der Waals surface area contributed by atoms with Crippen LogP contribution in [-0.2, 0) is 4.79 Å². The minimum atomic E-state index is 0.0651. The molecule has 0 aliphatic heterocycles. The highest BCUT2D eigenvalue weighted by molar-refractivity contribution is 5.77. The minimum Gasteiger partial charge on any atom is -0.298 e. The van der Waals surface area contributed by atoms with Crippen molar-refractivity contribution in [2.45, 2.75) is 26.7 Å². The van der Waals surface area contributed by atoms with Gasteiger partial charge in [-0.25, -0.2) is 0 Å². The van der Waals surface area contributed by atoms with Gasteiger partial charge in [0.1, 0.15) is 24.0 Å². The summed E-state index contributed by atoms with van der Waals surface area (Å²) in [5.41, 5.74) is 1.66. The molecule has 0 aromatic heterocycles. The number of carbonyl (C=O) groups excluding carboxylic acids is 1. The van der Waals surface area contributed by atoms with E-state index < -0.39 is 0 Å². The number of hydrogen-bond donors (Lipinski definition) is 0. The molecule has 0 saturated carbocycles. The molecule has 3 nitrogen and oxygen atoms in total. The van der Waals surface area contributed by atoms with Gasteiger partial charge in [0.15, 0.2) is 0 Å². The van der Waals surface area contributed by atoms with E-state index >= 15 is 0 Å². The lowest BCUT2D eigenvalue weighted by atomic mass is 9.78. The SMILES string of the molecule is CC1CCC(C)C(C=C(C#N)C#N)=C1C=O. The van der Waals surface area contributed by atoms with E-state index in [1.54, 1.807) is 6.08 Å². The van der Waals surface area contributed by atoms with Crippen LogP contribution >= 0.6 is 0 Å². The Kier molecular flexibility index (Phi) is 4.03. The van der Waals surface area contributed by atoms with Gasteiger partial charge in [0.25, 0.3) is 0 Å². The van der Waals surface area contributed by atoms with Gasteiger partial charge in [-0.05, 0) is 41.9 Å². The predicted octanol–water partition coefficient (Wildman–Crippen LogP) is 2.52. The van der Waals surface area contributed by atoms with Crippen LogP contribution in [0.4, 0.5) is 0 Å². The van der Waals surface area contributed by atoms with Crippen LogP contribution in [0.2, 0.25) is 0 Å². The zero-order valence-electron chi connectivity index (χ0n) is 9.53. The average Bonchev–Trinajstić information content (AvgIpc) is 2.30. The molecule has 0 saturated heterocycles. The molecule has 1 rings (SSSR count). The highest BCUT2D eigenvalue weighted by Crippen LogP contribution is 2.34. The third-order valence-corrected chi connectivity index (χ3v) is 3.10. The lowest BCUT2D eigenvalue weighted by Crippen LogP contribution is -2.16. The predicted molar refractivity (Wildman–Crippen MR) is 60.0 cm³/mol. The van der Waals surface area contributed by atoms with Gasteiger partial charge in [-0.2, -0.15) is 10.5 Å². The number of aldehydes is 1. The molecule has 1 aliphatic carbocycles. The van der Waals surface area contributed by atoms with Crippen molar-refractivity contribution >= 4 is 6.29 Å². The maximum Gasteiger partial charge on any atom is 0.146 e. The zero-order chi connectivity index (χ0) is 12.1. The molecule has 2 atom stereocenters. The molecular formula is C13H14N2O. The molecule has 0 N–H and O–H groups in total. The van der Waals surface area contributed by atoms with Crippen LogP contribution in [0.15, 0.2) is 22.8 Å². The van der Waals surface area contributed by atoms with Crippen LogP contribution in [-0.4, -0.2) is 6.29 Å². The van der Waals surface area contributed by atoms with Crippen LogP contribution in [0.25, 0.3) is 0 Å². The summed E-state index contributed by atoms with van der Waals surface area (Å²) in [6.07, 6.45) is 4.40. The molecule has 0 fully saturated rings. The monoisotopic (exact) mass is 214 g/mol. The van der Waals surface area contributed by atoms with Crippen molar-refractivity contribution in [2.24, 2.45) is 11.8 Å². The van der Waals surface area contributed by atoms with E-state index in [0.29, 0.717) is 0 Å². The largest absolute Gasteiger partial charge is 0.298 e. The van der Waals surface area contributed by atoms with Gasteiger partial charge >= 0.3 is 0 Å². The van der Waals surface area contributed by atoms with E-state index in [2.05, 4.69) is 0 Å². The molecular weight excluding hydrogens is 200 g/mol. The van der Waals surface area contributed by atoms with Crippen molar-refractivity contribution in [2.75, 3.05) is 0 Å². The fourth-order valence-electron chi connectivity index (χ4n) is 2.03. The van der Waals surface area contributed by atoms with E-state index in [4.69, 9.17) is 10.5 Å². The molecule has 2 unspecified atom stereocenters. The molecule has 3 heteroatoms. The van der Waals surface area contributed by atoms with Crippen LogP contribution in [0, 0.1) is 34.5 Å². The Labute approximate surface area is 95.7 Å². The van der Waals surface area contributed by atoms with Gasteiger partial charge in [0.2, 0.25) is 0 Å². The molecule has 16 heavy (non-hydrogen) atoms. The third-order valence-electron chi connectivity index (χ3n) is 3.10. The number of carbonyl (C=O) groups is 1. The van der Waals surface area contributed by atoms with E-state index in [1.165, 1.54) is 0 Å². The quantitative estimate of drug-likeness (QED) is 0.524. The van der Waals surface area contributed by atoms with Crippen molar-refractivity contribution in [1.29, 1.82) is 10.5 Å². The van der Waals surface area contributed by atoms with Crippen LogP contribution in [0.3, 0.4) is 0 Å². The Morgan fingerprint density at radius 3 is 2.12 bits per heavy atom. The Morgan fingerprint density at radius 2 is 1.69 bits per heavy atom. The average molecular weight is 214 g/mol. The van der Waals surface area contributed by atoms with E-state index in [0.717, 1.165) is 30.3 Å². The standard InChI is InChI=1S/C13H14N2O/c1-9-3-4-10(2)13(8-16)12(9)5-11(6-14)7-15/h5,8-10H,3-4H2,1-2H3. The molecule has 0 radical (unpaired) electrons. The summed E-state index contributed by atoms with van der Waals surface area (Å²) < 4.78 is 0. The second-order valence-corrected chi connectivity index (χ2v) is 4.19. The third kappa shape index (κ3) is 2.38. The van der Waals surface area contributed by atoms with Crippen molar-refractivity contribution in [3.8, 4) is 12.1 Å². The number of rotatable bonds is 2. The van der Waals surface area contributed by atoms with Gasteiger partial charge in [-0.1, -0.05) is 13.8 Å². The second-order valence-electron chi connectivity index (χ2n) is 4.19. The summed E-state index contributed by atoms with van der Waals surface area (Å²) in [6, 6.07) is 3.66. The van der Waals surface area contributed by atoms with Gasteiger partial charge < -0.3 is 0 Å². The Bertz CT molecular complexity index is 416. The molecule has 1 aliphatic rings. The maximum absolute atomic E-state index is 11.0. The maximum atomic E-state index is 11.0. The van der Waals surface area contributed by atoms with Gasteiger partial charge in [-0.15, -0.1) is 0 Å². The first-order valence-electron chi connectivity index (χ1n) is 5.35. The minimum absolute atomic E-state index is 0.0651. The first-order chi connectivity index (χ1) is 7.63. The smallest absolute Gasteiger partial charge is 0.146 e.